The van der Waals surface area contributed by atoms with Crippen LogP contribution in [-0.2, 0) is 31.2 Å². The minimum absolute atomic E-state index is 0.221. The molecule has 1 aliphatic heterocycles. The number of nitrogens with one attached hydrogen (secondary N) is 1. The number of hydrogen-bond acceptors (Lipinski definition) is 3. The third-order valence-corrected chi connectivity index (χ3v) is 5.11. The Kier molecular flexibility index (Phi) is 4.47. The van der Waals surface area contributed by atoms with E-state index in [9.17, 15) is 4.79 Å². The van der Waals surface area contributed by atoms with E-state index >= 15 is 0 Å². The lowest BCUT2D eigenvalue weighted by atomic mass is 9.99. The van der Waals surface area contributed by atoms with Crippen molar-refractivity contribution in [2.24, 2.45) is 7.05 Å². The highest BCUT2D eigenvalue weighted by Crippen LogP contribution is 2.26. The van der Waals surface area contributed by atoms with Crippen LogP contribution in [0.5, 0.6) is 0 Å². The first-order valence-electron chi connectivity index (χ1n) is 8.71. The van der Waals surface area contributed by atoms with Crippen molar-refractivity contribution in [3.8, 4) is 0 Å². The van der Waals surface area contributed by atoms with Crippen LogP contribution < -0.4 is 0 Å². The average molecular weight is 329 g/mol. The van der Waals surface area contributed by atoms with E-state index in [0.29, 0.717) is 18.9 Å². The molecule has 1 aliphatic rings. The number of nitrogens with zero attached hydrogens (tertiary/aromatic N) is 4. The third-order valence-electron chi connectivity index (χ3n) is 5.11. The van der Waals surface area contributed by atoms with Crippen molar-refractivity contribution in [3.63, 3.8) is 0 Å². The SMILES string of the molecule is Cc1nn(C)c(C)c1CCC(=O)N1CCc2[nH]nc(C(C)C)c2C1. The van der Waals surface area contributed by atoms with Crippen molar-refractivity contribution in [1.29, 1.82) is 0 Å². The quantitative estimate of drug-likeness (QED) is 0.936. The van der Waals surface area contributed by atoms with Gasteiger partial charge in [0.2, 0.25) is 5.91 Å². The minimum Gasteiger partial charge on any atom is -0.338 e. The maximum Gasteiger partial charge on any atom is 0.223 e. The highest BCUT2D eigenvalue weighted by atomic mass is 16.2. The van der Waals surface area contributed by atoms with E-state index in [1.165, 1.54) is 16.8 Å². The summed E-state index contributed by atoms with van der Waals surface area (Å²) in [5, 5.41) is 12.0. The van der Waals surface area contributed by atoms with Gasteiger partial charge in [0.1, 0.15) is 0 Å². The number of H-pyrrole nitrogens is 1. The van der Waals surface area contributed by atoms with E-state index in [0.717, 1.165) is 36.5 Å². The molecule has 0 saturated carbocycles. The van der Waals surface area contributed by atoms with Crippen molar-refractivity contribution in [3.05, 3.63) is 33.9 Å². The molecule has 6 heteroatoms. The molecule has 0 aromatic carbocycles. The van der Waals surface area contributed by atoms with Crippen LogP contribution in [0.15, 0.2) is 0 Å². The summed E-state index contributed by atoms with van der Waals surface area (Å²) < 4.78 is 1.89. The molecule has 3 heterocycles. The first kappa shape index (κ1) is 16.7. The zero-order chi connectivity index (χ0) is 17.4. The van der Waals surface area contributed by atoms with Crippen LogP contribution in [0.25, 0.3) is 0 Å². The van der Waals surface area contributed by atoms with Crippen LogP contribution in [0.4, 0.5) is 0 Å². The summed E-state index contributed by atoms with van der Waals surface area (Å²) in [4.78, 5) is 14.7. The van der Waals surface area contributed by atoms with Crippen LogP contribution in [0.3, 0.4) is 0 Å². The second kappa shape index (κ2) is 6.42. The van der Waals surface area contributed by atoms with Gasteiger partial charge in [-0.25, -0.2) is 0 Å². The zero-order valence-corrected chi connectivity index (χ0v) is 15.3. The summed E-state index contributed by atoms with van der Waals surface area (Å²) in [6.45, 7) is 9.82. The number of aromatic amines is 1. The number of rotatable bonds is 4. The van der Waals surface area contributed by atoms with Crippen LogP contribution >= 0.6 is 0 Å². The molecule has 0 spiro atoms. The topological polar surface area (TPSA) is 66.8 Å². The van der Waals surface area contributed by atoms with Gasteiger partial charge in [-0.3, -0.25) is 14.6 Å². The lowest BCUT2D eigenvalue weighted by Crippen LogP contribution is -2.36. The molecule has 0 radical (unpaired) electrons. The first-order valence-corrected chi connectivity index (χ1v) is 8.71. The van der Waals surface area contributed by atoms with E-state index in [1.807, 2.05) is 23.6 Å². The number of fused-ring (bicyclic) bond motifs is 1. The van der Waals surface area contributed by atoms with Crippen molar-refractivity contribution >= 4 is 5.91 Å². The maximum atomic E-state index is 12.7. The zero-order valence-electron chi connectivity index (χ0n) is 15.3. The smallest absolute Gasteiger partial charge is 0.223 e. The van der Waals surface area contributed by atoms with Crippen molar-refractivity contribution < 1.29 is 4.79 Å². The molecule has 2 aromatic heterocycles. The first-order chi connectivity index (χ1) is 11.4. The Hall–Kier alpha value is -2.11. The molecule has 0 fully saturated rings. The van der Waals surface area contributed by atoms with Crippen molar-refractivity contribution in [2.45, 2.75) is 59.4 Å². The lowest BCUT2D eigenvalue weighted by molar-refractivity contribution is -0.132. The predicted molar refractivity (Wildman–Crippen MR) is 92.8 cm³/mol. The van der Waals surface area contributed by atoms with Gasteiger partial charge in [0.25, 0.3) is 0 Å². The molecule has 6 nitrogen and oxygen atoms in total. The van der Waals surface area contributed by atoms with Crippen molar-refractivity contribution in [2.75, 3.05) is 6.54 Å². The molecule has 0 atom stereocenters. The summed E-state index contributed by atoms with van der Waals surface area (Å²) in [7, 11) is 1.95. The fourth-order valence-corrected chi connectivity index (χ4v) is 3.58. The number of hydrogen-bond donors (Lipinski definition) is 1. The van der Waals surface area contributed by atoms with Gasteiger partial charge in [0.15, 0.2) is 0 Å². The van der Waals surface area contributed by atoms with Gasteiger partial charge in [-0.05, 0) is 31.7 Å². The number of aromatic nitrogens is 4. The van der Waals surface area contributed by atoms with E-state index in [2.05, 4.69) is 36.1 Å². The van der Waals surface area contributed by atoms with Crippen LogP contribution in [0, 0.1) is 13.8 Å². The van der Waals surface area contributed by atoms with Gasteiger partial charge in [0.05, 0.1) is 11.4 Å². The van der Waals surface area contributed by atoms with Gasteiger partial charge in [0, 0.05) is 49.9 Å². The van der Waals surface area contributed by atoms with Crippen LogP contribution in [-0.4, -0.2) is 37.3 Å². The second-order valence-corrected chi connectivity index (χ2v) is 7.06. The molecular formula is C18H27N5O. The predicted octanol–water partition coefficient (Wildman–Crippen LogP) is 2.40. The molecule has 3 rings (SSSR count). The fraction of sp³-hybridized carbons (Fsp3) is 0.611. The molecule has 1 N–H and O–H groups in total. The Morgan fingerprint density at radius 3 is 2.71 bits per heavy atom. The van der Waals surface area contributed by atoms with Gasteiger partial charge >= 0.3 is 0 Å². The Morgan fingerprint density at radius 1 is 1.33 bits per heavy atom. The fourth-order valence-electron chi connectivity index (χ4n) is 3.58. The molecule has 130 valence electrons. The summed E-state index contributed by atoms with van der Waals surface area (Å²) in [6.07, 6.45) is 2.17. The Balaban J connectivity index is 1.67. The maximum absolute atomic E-state index is 12.7. The van der Waals surface area contributed by atoms with Crippen molar-refractivity contribution in [1.82, 2.24) is 24.9 Å². The van der Waals surface area contributed by atoms with E-state index in [-0.39, 0.29) is 5.91 Å². The monoisotopic (exact) mass is 329 g/mol. The summed E-state index contributed by atoms with van der Waals surface area (Å²) in [5.41, 5.74) is 6.90. The molecular weight excluding hydrogens is 302 g/mol. The standard InChI is InChI=1S/C18H27N5O/c1-11(2)18-15-10-23(9-8-16(15)19-20-18)17(24)7-6-14-12(3)21-22(5)13(14)4/h11H,6-10H2,1-5H3,(H,19,20). The Labute approximate surface area is 143 Å². The molecule has 1 amide bonds. The third kappa shape index (κ3) is 2.97. The highest BCUT2D eigenvalue weighted by molar-refractivity contribution is 5.77. The number of aryl methyl sites for hydroxylation is 2. The van der Waals surface area contributed by atoms with Gasteiger partial charge in [-0.2, -0.15) is 10.2 Å². The summed E-state index contributed by atoms with van der Waals surface area (Å²) >= 11 is 0. The lowest BCUT2D eigenvalue weighted by Gasteiger charge is -2.27. The number of amides is 1. The van der Waals surface area contributed by atoms with E-state index in [4.69, 9.17) is 0 Å². The number of carbonyl (C=O) groups is 1. The summed E-state index contributed by atoms with van der Waals surface area (Å²) in [5.74, 6) is 0.597. The highest BCUT2D eigenvalue weighted by Gasteiger charge is 2.26. The Morgan fingerprint density at radius 2 is 2.08 bits per heavy atom. The molecule has 0 bridgehead atoms. The van der Waals surface area contributed by atoms with Crippen LogP contribution in [0.2, 0.25) is 0 Å². The molecule has 0 aliphatic carbocycles. The van der Waals surface area contributed by atoms with Crippen LogP contribution in [0.1, 0.15) is 60.1 Å². The van der Waals surface area contributed by atoms with E-state index < -0.39 is 0 Å². The minimum atomic E-state index is 0.221. The van der Waals surface area contributed by atoms with Gasteiger partial charge in [-0.15, -0.1) is 0 Å². The molecule has 24 heavy (non-hydrogen) atoms. The largest absolute Gasteiger partial charge is 0.338 e. The average Bonchev–Trinajstić information content (AvgIpc) is 3.06. The van der Waals surface area contributed by atoms with E-state index in [1.54, 1.807) is 0 Å². The number of carbonyl (C=O) groups excluding carboxylic acids is 1. The molecule has 0 saturated heterocycles. The second-order valence-electron chi connectivity index (χ2n) is 7.06. The molecule has 2 aromatic rings. The molecule has 0 unspecified atom stereocenters. The van der Waals surface area contributed by atoms with Gasteiger partial charge < -0.3 is 4.90 Å². The Bertz CT molecular complexity index is 756. The van der Waals surface area contributed by atoms with Gasteiger partial charge in [-0.1, -0.05) is 13.8 Å². The normalized spacial score (nSPS) is 14.3. The summed E-state index contributed by atoms with van der Waals surface area (Å²) in [6, 6.07) is 0.